The minimum Gasteiger partial charge on any atom is -0.454 e. The maximum atomic E-state index is 13.5. The highest BCUT2D eigenvalue weighted by molar-refractivity contribution is 7.62. The highest BCUT2D eigenvalue weighted by Gasteiger charge is 2.35. The fourth-order valence-electron chi connectivity index (χ4n) is 3.37. The van der Waals surface area contributed by atoms with E-state index in [1.54, 1.807) is 26.0 Å². The third kappa shape index (κ3) is 5.22. The average Bonchev–Trinajstić information content (AvgIpc) is 3.45. The minimum atomic E-state index is -3.75. The molecule has 0 bridgehead atoms. The number of hydrogen-bond acceptors (Lipinski definition) is 10. The third-order valence-electron chi connectivity index (χ3n) is 4.90. The van der Waals surface area contributed by atoms with Gasteiger partial charge in [0.05, 0.1) is 18.1 Å². The molecule has 0 amide bonds. The summed E-state index contributed by atoms with van der Waals surface area (Å²) in [6.07, 6.45) is 0.231. The van der Waals surface area contributed by atoms with Crippen LogP contribution in [0.4, 0.5) is 11.6 Å². The number of non-ortho nitro benzene ring substituents is 1. The Bertz CT molecular complexity index is 1200. The number of oxazole rings is 1. The molecule has 0 unspecified atom stereocenters. The fourth-order valence-corrected chi connectivity index (χ4v) is 4.98. The van der Waals surface area contributed by atoms with Crippen LogP contribution in [-0.4, -0.2) is 29.9 Å². The summed E-state index contributed by atoms with van der Waals surface area (Å²) in [5.41, 5.74) is 1.66. The minimum absolute atomic E-state index is 0.0138. The summed E-state index contributed by atoms with van der Waals surface area (Å²) >= 11 is 0. The van der Waals surface area contributed by atoms with Crippen LogP contribution < -0.4 is 20.2 Å². The van der Waals surface area contributed by atoms with E-state index >= 15 is 0 Å². The molecule has 2 heterocycles. The van der Waals surface area contributed by atoms with Gasteiger partial charge in [-0.15, -0.1) is 0 Å². The second-order valence-electron chi connectivity index (χ2n) is 7.23. The summed E-state index contributed by atoms with van der Waals surface area (Å²) in [5, 5.41) is 14.0. The molecule has 180 valence electrons. The Kier molecular flexibility index (Phi) is 7.16. The summed E-state index contributed by atoms with van der Waals surface area (Å²) in [7, 11) is -3.75. The van der Waals surface area contributed by atoms with Crippen LogP contribution >= 0.6 is 7.60 Å². The fraction of sp³-hybridized carbons (Fsp3) is 0.318. The monoisotopic (exact) mass is 489 g/mol. The number of benzene rings is 2. The number of anilines is 1. The molecule has 4 rings (SSSR count). The van der Waals surface area contributed by atoms with Crippen molar-refractivity contribution in [2.24, 2.45) is 0 Å². The van der Waals surface area contributed by atoms with Gasteiger partial charge in [0.15, 0.2) is 11.5 Å². The number of ether oxygens (including phenoxy) is 2. The molecule has 0 atom stereocenters. The van der Waals surface area contributed by atoms with Gasteiger partial charge in [0.2, 0.25) is 24.0 Å². The maximum absolute atomic E-state index is 13.5. The molecule has 1 aliphatic rings. The zero-order valence-electron chi connectivity index (χ0n) is 18.7. The Hall–Kier alpha value is -3.40. The number of nitrogens with one attached hydrogen (secondary N) is 1. The topological polar surface area (TPSA) is 135 Å². The second kappa shape index (κ2) is 10.3. The molecule has 0 aliphatic carbocycles. The number of nitro groups is 1. The van der Waals surface area contributed by atoms with Gasteiger partial charge in [0.25, 0.3) is 5.69 Å². The number of rotatable bonds is 11. The van der Waals surface area contributed by atoms with Gasteiger partial charge in [0.1, 0.15) is 0 Å². The number of nitrogens with zero attached hydrogens (tertiary/aromatic N) is 2. The molecule has 11 nitrogen and oxygen atoms in total. The first-order valence-corrected chi connectivity index (χ1v) is 12.2. The van der Waals surface area contributed by atoms with E-state index in [-0.39, 0.29) is 49.3 Å². The number of fused-ring (bicyclic) bond motifs is 1. The zero-order chi connectivity index (χ0) is 24.1. The number of nitro benzene ring substituents is 1. The van der Waals surface area contributed by atoms with Crippen LogP contribution in [0.2, 0.25) is 0 Å². The lowest BCUT2D eigenvalue weighted by Crippen LogP contribution is -2.16. The lowest BCUT2D eigenvalue weighted by atomic mass is 10.1. The number of hydrogen-bond donors (Lipinski definition) is 1. The van der Waals surface area contributed by atoms with Crippen molar-refractivity contribution >= 4 is 24.6 Å². The first-order valence-electron chi connectivity index (χ1n) is 10.7. The summed E-state index contributed by atoms with van der Waals surface area (Å²) in [6.45, 7) is 4.24. The SMILES string of the molecule is CCOP(=O)(OCC)c1nc(Cc2ccc([N+](=O)[O-])cc2)oc1NCc1ccc2c(c1)OCO2. The zero-order valence-corrected chi connectivity index (χ0v) is 19.6. The molecular weight excluding hydrogens is 465 g/mol. The van der Waals surface area contributed by atoms with E-state index in [9.17, 15) is 14.7 Å². The standard InChI is InChI=1S/C22H24N3O8P/c1-3-31-34(28,32-4-2)22-21(23-13-16-7-10-18-19(11-16)30-14-29-18)33-20(24-22)12-15-5-8-17(9-6-15)25(26)27/h5-11,23H,3-4,12-14H2,1-2H3. The van der Waals surface area contributed by atoms with Crippen molar-refractivity contribution in [1.82, 2.24) is 4.98 Å². The third-order valence-corrected chi connectivity index (χ3v) is 6.92. The lowest BCUT2D eigenvalue weighted by molar-refractivity contribution is -0.384. The van der Waals surface area contributed by atoms with Crippen molar-refractivity contribution < 1.29 is 32.4 Å². The average molecular weight is 489 g/mol. The van der Waals surface area contributed by atoms with Gasteiger partial charge in [0, 0.05) is 25.1 Å². The lowest BCUT2D eigenvalue weighted by Gasteiger charge is -2.15. The molecule has 1 aliphatic heterocycles. The summed E-state index contributed by atoms with van der Waals surface area (Å²) in [5.74, 6) is 1.74. The van der Waals surface area contributed by atoms with Crippen molar-refractivity contribution in [2.45, 2.75) is 26.8 Å². The summed E-state index contributed by atoms with van der Waals surface area (Å²) < 4.78 is 41.1. The summed E-state index contributed by atoms with van der Waals surface area (Å²) in [6, 6.07) is 11.6. The van der Waals surface area contributed by atoms with Crippen LogP contribution in [-0.2, 0) is 26.6 Å². The van der Waals surface area contributed by atoms with Crippen molar-refractivity contribution in [1.29, 1.82) is 0 Å². The van der Waals surface area contributed by atoms with Gasteiger partial charge in [-0.1, -0.05) is 18.2 Å². The van der Waals surface area contributed by atoms with Crippen molar-refractivity contribution in [3.63, 3.8) is 0 Å². The van der Waals surface area contributed by atoms with E-state index in [1.165, 1.54) is 12.1 Å². The van der Waals surface area contributed by atoms with Gasteiger partial charge in [-0.3, -0.25) is 14.7 Å². The predicted molar refractivity (Wildman–Crippen MR) is 123 cm³/mol. The Morgan fingerprint density at radius 2 is 1.74 bits per heavy atom. The molecule has 1 aromatic heterocycles. The Morgan fingerprint density at radius 3 is 2.41 bits per heavy atom. The molecule has 0 saturated carbocycles. The highest BCUT2D eigenvalue weighted by Crippen LogP contribution is 2.48. The predicted octanol–water partition coefficient (Wildman–Crippen LogP) is 4.41. The second-order valence-corrected chi connectivity index (χ2v) is 9.17. The first kappa shape index (κ1) is 23.7. The summed E-state index contributed by atoms with van der Waals surface area (Å²) in [4.78, 5) is 14.9. The normalized spacial score (nSPS) is 12.6. The van der Waals surface area contributed by atoms with E-state index in [2.05, 4.69) is 10.3 Å². The molecule has 0 spiro atoms. The molecule has 1 N–H and O–H groups in total. The van der Waals surface area contributed by atoms with Gasteiger partial charge >= 0.3 is 7.60 Å². The quantitative estimate of drug-likeness (QED) is 0.234. The Balaban J connectivity index is 1.60. The van der Waals surface area contributed by atoms with E-state index in [4.69, 9.17) is 22.9 Å². The molecule has 3 aromatic rings. The number of aromatic nitrogens is 1. The van der Waals surface area contributed by atoms with Crippen molar-refractivity contribution in [3.05, 3.63) is 69.6 Å². The smallest absolute Gasteiger partial charge is 0.385 e. The molecule has 0 fully saturated rings. The first-order chi connectivity index (χ1) is 16.4. The Labute approximate surface area is 195 Å². The largest absolute Gasteiger partial charge is 0.454 e. The van der Waals surface area contributed by atoms with Gasteiger partial charge in [-0.25, -0.2) is 4.98 Å². The molecule has 0 radical (unpaired) electrons. The van der Waals surface area contributed by atoms with E-state index in [1.807, 2.05) is 18.2 Å². The molecule has 12 heteroatoms. The van der Waals surface area contributed by atoms with Crippen LogP contribution in [0.15, 0.2) is 46.9 Å². The molecule has 0 saturated heterocycles. The van der Waals surface area contributed by atoms with Crippen LogP contribution in [0.5, 0.6) is 11.5 Å². The van der Waals surface area contributed by atoms with Crippen LogP contribution in [0.1, 0.15) is 30.9 Å². The van der Waals surface area contributed by atoms with Crippen LogP contribution in [0.25, 0.3) is 0 Å². The van der Waals surface area contributed by atoms with Crippen molar-refractivity contribution in [3.8, 4) is 11.5 Å². The van der Waals surface area contributed by atoms with Gasteiger partial charge < -0.3 is 28.3 Å². The molecular formula is C22H24N3O8P. The maximum Gasteiger partial charge on any atom is 0.385 e. The van der Waals surface area contributed by atoms with Gasteiger partial charge in [-0.05, 0) is 37.1 Å². The van der Waals surface area contributed by atoms with Crippen LogP contribution in [0, 0.1) is 10.1 Å². The highest BCUT2D eigenvalue weighted by atomic mass is 31.2. The van der Waals surface area contributed by atoms with Crippen LogP contribution in [0.3, 0.4) is 0 Å². The van der Waals surface area contributed by atoms with Crippen molar-refractivity contribution in [2.75, 3.05) is 25.3 Å². The van der Waals surface area contributed by atoms with E-state index < -0.39 is 12.5 Å². The molecule has 34 heavy (non-hydrogen) atoms. The van der Waals surface area contributed by atoms with Gasteiger partial charge in [-0.2, -0.15) is 0 Å². The van der Waals surface area contributed by atoms with E-state index in [0.717, 1.165) is 11.1 Å². The molecule has 2 aromatic carbocycles. The Morgan fingerprint density at radius 1 is 1.06 bits per heavy atom. The van der Waals surface area contributed by atoms with E-state index in [0.29, 0.717) is 18.0 Å².